The van der Waals surface area contributed by atoms with Crippen LogP contribution in [0.3, 0.4) is 0 Å². The molecular formula is C31H21NS. The molecule has 0 atom stereocenters. The fourth-order valence-electron chi connectivity index (χ4n) is 4.40. The van der Waals surface area contributed by atoms with Crippen molar-refractivity contribution in [2.75, 3.05) is 0 Å². The van der Waals surface area contributed by atoms with Gasteiger partial charge in [-0.05, 0) is 34.4 Å². The molecule has 0 spiro atoms. The summed E-state index contributed by atoms with van der Waals surface area (Å²) in [7, 11) is 0. The first kappa shape index (κ1) is 19.7. The zero-order valence-electron chi connectivity index (χ0n) is 18.0. The number of hydrogen-bond donors (Lipinski definition) is 0. The van der Waals surface area contributed by atoms with Crippen LogP contribution in [0.2, 0.25) is 0 Å². The quantitative estimate of drug-likeness (QED) is 0.267. The van der Waals surface area contributed by atoms with Crippen molar-refractivity contribution < 1.29 is 0 Å². The average Bonchev–Trinajstić information content (AvgIpc) is 3.29. The Morgan fingerprint density at radius 2 is 1.03 bits per heavy atom. The second kappa shape index (κ2) is 8.50. The summed E-state index contributed by atoms with van der Waals surface area (Å²) in [6.45, 7) is 0. The van der Waals surface area contributed by atoms with Crippen LogP contribution in [-0.2, 0) is 0 Å². The molecule has 33 heavy (non-hydrogen) atoms. The minimum Gasteiger partial charge on any atom is -0.255 e. The van der Waals surface area contributed by atoms with Crippen molar-refractivity contribution >= 4 is 22.1 Å². The maximum atomic E-state index is 4.78. The molecule has 6 aromatic rings. The smallest absolute Gasteiger partial charge is 0.0814 e. The van der Waals surface area contributed by atoms with E-state index in [1.165, 1.54) is 48.3 Å². The summed E-state index contributed by atoms with van der Waals surface area (Å²) in [4.78, 5) is 7.28. The van der Waals surface area contributed by atoms with Gasteiger partial charge in [0, 0.05) is 27.4 Å². The summed E-state index contributed by atoms with van der Waals surface area (Å²) in [5.41, 5.74) is 7.15. The molecule has 2 heterocycles. The number of thiophene rings is 1. The van der Waals surface area contributed by atoms with Gasteiger partial charge >= 0.3 is 0 Å². The number of aromatic nitrogens is 1. The third-order valence-electron chi connectivity index (χ3n) is 5.98. The highest BCUT2D eigenvalue weighted by molar-refractivity contribution is 7.21. The minimum absolute atomic E-state index is 1.01. The van der Waals surface area contributed by atoms with Crippen molar-refractivity contribution in [3.8, 4) is 43.3 Å². The van der Waals surface area contributed by atoms with Gasteiger partial charge in [-0.15, -0.1) is 11.3 Å². The summed E-state index contributed by atoms with van der Waals surface area (Å²) in [6, 6.07) is 42.8. The molecule has 0 aliphatic heterocycles. The molecular weight excluding hydrogens is 418 g/mol. The van der Waals surface area contributed by atoms with Crippen molar-refractivity contribution in [3.63, 3.8) is 0 Å². The molecule has 0 saturated carbocycles. The summed E-state index contributed by atoms with van der Waals surface area (Å²) in [5, 5.41) is 2.52. The Morgan fingerprint density at radius 1 is 0.455 bits per heavy atom. The maximum Gasteiger partial charge on any atom is 0.0814 e. The molecule has 156 valence electrons. The van der Waals surface area contributed by atoms with E-state index in [2.05, 4.69) is 121 Å². The predicted octanol–water partition coefficient (Wildman–Crippen LogP) is 8.96. The third kappa shape index (κ3) is 3.65. The second-order valence-corrected chi connectivity index (χ2v) is 9.03. The van der Waals surface area contributed by atoms with Crippen LogP contribution in [0.25, 0.3) is 54.0 Å². The van der Waals surface area contributed by atoms with Crippen LogP contribution in [0.1, 0.15) is 0 Å². The number of fused-ring (bicyclic) bond motifs is 1. The zero-order chi connectivity index (χ0) is 22.0. The van der Waals surface area contributed by atoms with Gasteiger partial charge in [0.2, 0.25) is 0 Å². The molecule has 1 nitrogen and oxygen atoms in total. The van der Waals surface area contributed by atoms with E-state index in [1.807, 2.05) is 17.5 Å². The fourth-order valence-corrected chi connectivity index (χ4v) is 5.68. The lowest BCUT2D eigenvalue weighted by atomic mass is 9.97. The average molecular weight is 440 g/mol. The molecule has 0 N–H and O–H groups in total. The predicted molar refractivity (Wildman–Crippen MR) is 141 cm³/mol. The summed E-state index contributed by atoms with van der Waals surface area (Å²) >= 11 is 1.83. The molecule has 0 saturated heterocycles. The van der Waals surface area contributed by atoms with Crippen LogP contribution in [-0.4, -0.2) is 4.98 Å². The minimum atomic E-state index is 1.01. The van der Waals surface area contributed by atoms with Gasteiger partial charge in [-0.1, -0.05) is 109 Å². The van der Waals surface area contributed by atoms with Crippen molar-refractivity contribution in [1.82, 2.24) is 4.98 Å². The standard InChI is InChI=1S/C31H21NS/c1-3-11-22(12-4-1)24-19-20-32-29(21-24)31-28-18-10-9-17-27(28)30(33-31)26-16-8-7-15-25(26)23-13-5-2-6-14-23/h1-21H. The molecule has 0 fully saturated rings. The first-order valence-corrected chi connectivity index (χ1v) is 11.9. The first-order chi connectivity index (χ1) is 16.4. The van der Waals surface area contributed by atoms with Crippen LogP contribution in [0.5, 0.6) is 0 Å². The molecule has 0 aliphatic rings. The SMILES string of the molecule is c1ccc(-c2ccnc(-c3sc(-c4ccccc4-c4ccccc4)c4ccccc34)c2)cc1. The second-order valence-electron chi connectivity index (χ2n) is 8.01. The first-order valence-electron chi connectivity index (χ1n) is 11.1. The highest BCUT2D eigenvalue weighted by Crippen LogP contribution is 2.46. The van der Waals surface area contributed by atoms with E-state index in [1.54, 1.807) is 0 Å². The molecule has 4 aromatic carbocycles. The van der Waals surface area contributed by atoms with Crippen molar-refractivity contribution in [3.05, 3.63) is 128 Å². The molecule has 0 radical (unpaired) electrons. The Hall–Kier alpha value is -4.01. The zero-order valence-corrected chi connectivity index (χ0v) is 18.8. The van der Waals surface area contributed by atoms with Crippen molar-refractivity contribution in [1.29, 1.82) is 0 Å². The van der Waals surface area contributed by atoms with E-state index < -0.39 is 0 Å². The Morgan fingerprint density at radius 3 is 1.76 bits per heavy atom. The Kier molecular flexibility index (Phi) is 5.06. The van der Waals surface area contributed by atoms with Crippen molar-refractivity contribution in [2.24, 2.45) is 0 Å². The number of pyridine rings is 1. The van der Waals surface area contributed by atoms with E-state index in [0.717, 1.165) is 5.69 Å². The van der Waals surface area contributed by atoms with E-state index in [4.69, 9.17) is 4.98 Å². The lowest BCUT2D eigenvalue weighted by molar-refractivity contribution is 1.34. The van der Waals surface area contributed by atoms with E-state index in [0.29, 0.717) is 0 Å². The van der Waals surface area contributed by atoms with E-state index in [-0.39, 0.29) is 0 Å². The van der Waals surface area contributed by atoms with Gasteiger partial charge in [-0.2, -0.15) is 0 Å². The van der Waals surface area contributed by atoms with Gasteiger partial charge in [0.05, 0.1) is 10.6 Å². The molecule has 0 amide bonds. The van der Waals surface area contributed by atoms with Gasteiger partial charge in [0.15, 0.2) is 0 Å². The van der Waals surface area contributed by atoms with Crippen molar-refractivity contribution in [2.45, 2.75) is 0 Å². The lowest BCUT2D eigenvalue weighted by Gasteiger charge is -2.09. The molecule has 2 aromatic heterocycles. The van der Waals surface area contributed by atoms with E-state index >= 15 is 0 Å². The van der Waals surface area contributed by atoms with Gasteiger partial charge in [0.25, 0.3) is 0 Å². The summed E-state index contributed by atoms with van der Waals surface area (Å²) in [5.74, 6) is 0. The largest absolute Gasteiger partial charge is 0.255 e. The van der Waals surface area contributed by atoms with Gasteiger partial charge in [-0.25, -0.2) is 0 Å². The van der Waals surface area contributed by atoms with Gasteiger partial charge in [-0.3, -0.25) is 4.98 Å². The van der Waals surface area contributed by atoms with Crippen LogP contribution in [0.15, 0.2) is 128 Å². The number of rotatable bonds is 4. The summed E-state index contributed by atoms with van der Waals surface area (Å²) < 4.78 is 0. The monoisotopic (exact) mass is 439 g/mol. The lowest BCUT2D eigenvalue weighted by Crippen LogP contribution is -1.83. The molecule has 0 unspecified atom stereocenters. The van der Waals surface area contributed by atoms with Crippen LogP contribution >= 0.6 is 11.3 Å². The normalized spacial score (nSPS) is 11.0. The highest BCUT2D eigenvalue weighted by atomic mass is 32.1. The van der Waals surface area contributed by atoms with E-state index in [9.17, 15) is 0 Å². The third-order valence-corrected chi connectivity index (χ3v) is 7.25. The topological polar surface area (TPSA) is 12.9 Å². The molecule has 6 rings (SSSR count). The molecule has 0 aliphatic carbocycles. The van der Waals surface area contributed by atoms with Gasteiger partial charge in [0.1, 0.15) is 0 Å². The van der Waals surface area contributed by atoms with Gasteiger partial charge < -0.3 is 0 Å². The van der Waals surface area contributed by atoms with Crippen LogP contribution in [0.4, 0.5) is 0 Å². The summed E-state index contributed by atoms with van der Waals surface area (Å²) in [6.07, 6.45) is 1.92. The number of benzene rings is 4. The Balaban J connectivity index is 1.55. The van der Waals surface area contributed by atoms with Crippen LogP contribution in [0, 0.1) is 0 Å². The fraction of sp³-hybridized carbons (Fsp3) is 0. The molecule has 2 heteroatoms. The maximum absolute atomic E-state index is 4.78. The number of hydrogen-bond acceptors (Lipinski definition) is 2. The Bertz CT molecular complexity index is 1550. The van der Waals surface area contributed by atoms with Crippen LogP contribution < -0.4 is 0 Å². The highest BCUT2D eigenvalue weighted by Gasteiger charge is 2.17. The molecule has 0 bridgehead atoms. The Labute approximate surface area is 197 Å². The number of nitrogens with zero attached hydrogens (tertiary/aromatic N) is 1.